The van der Waals surface area contributed by atoms with E-state index in [-0.39, 0.29) is 24.2 Å². The molecule has 1 saturated heterocycles. The third kappa shape index (κ3) is 4.79. The van der Waals surface area contributed by atoms with Crippen LogP contribution < -0.4 is 19.7 Å². The number of aromatic nitrogens is 1. The molecule has 1 aromatic carbocycles. The molecule has 8 heteroatoms. The van der Waals surface area contributed by atoms with E-state index >= 15 is 0 Å². The van der Waals surface area contributed by atoms with Crippen molar-refractivity contribution in [2.75, 3.05) is 39.2 Å². The van der Waals surface area contributed by atoms with E-state index in [2.05, 4.69) is 24.1 Å². The number of amides is 1. The molecule has 8 nitrogen and oxygen atoms in total. The first kappa shape index (κ1) is 22.9. The molecule has 3 atom stereocenters. The second-order valence-corrected chi connectivity index (χ2v) is 8.57. The Kier molecular flexibility index (Phi) is 7.10. The summed E-state index contributed by atoms with van der Waals surface area (Å²) in [7, 11) is 3.09. The van der Waals surface area contributed by atoms with Gasteiger partial charge in [0, 0.05) is 23.3 Å². The number of esters is 1. The van der Waals surface area contributed by atoms with Gasteiger partial charge in [-0.25, -0.2) is 4.79 Å². The average molecular weight is 433 g/mol. The fourth-order valence-electron chi connectivity index (χ4n) is 4.61. The summed E-state index contributed by atoms with van der Waals surface area (Å²) >= 11 is 0. The maximum Gasteiger partial charge on any atom is 0.356 e. The van der Waals surface area contributed by atoms with Crippen LogP contribution >= 0.6 is 0 Å². The Hall–Kier alpha value is -2.74. The molecular weight excluding hydrogens is 398 g/mol. The number of ether oxygens (including phenoxy) is 3. The molecule has 0 spiro atoms. The third-order valence-corrected chi connectivity index (χ3v) is 6.06. The Morgan fingerprint density at radius 1 is 1.16 bits per heavy atom. The van der Waals surface area contributed by atoms with E-state index in [0.29, 0.717) is 39.9 Å². The molecule has 3 N–H and O–H groups in total. The molecular formula is C23H34N3O5+. The molecule has 0 saturated carbocycles. The zero-order valence-electron chi connectivity index (χ0n) is 19.3. The van der Waals surface area contributed by atoms with Gasteiger partial charge in [-0.05, 0) is 26.3 Å². The lowest BCUT2D eigenvalue weighted by atomic mass is 9.91. The van der Waals surface area contributed by atoms with Gasteiger partial charge in [-0.1, -0.05) is 13.8 Å². The molecule has 0 unspecified atom stereocenters. The molecule has 0 aliphatic carbocycles. The summed E-state index contributed by atoms with van der Waals surface area (Å²) in [5, 5.41) is 3.66. The number of hydrogen-bond acceptors (Lipinski definition) is 5. The summed E-state index contributed by atoms with van der Waals surface area (Å²) in [5.74, 6) is 1.54. The van der Waals surface area contributed by atoms with Crippen molar-refractivity contribution in [3.63, 3.8) is 0 Å². The molecule has 1 aliphatic rings. The van der Waals surface area contributed by atoms with Crippen LogP contribution in [-0.2, 0) is 9.53 Å². The standard InChI is InChI=1S/C23H33N3O5/c1-7-31-23(28)21-20(16-9-18(29-5)19(30-6)10-17(16)24-21)25-22(27)15(4)26-11-13(2)8-14(3)12-26/h9-10,13-15,24H,7-8,11-12H2,1-6H3,(H,25,27)/p+1/t13-,14-,15+/m0/s1. The van der Waals surface area contributed by atoms with E-state index < -0.39 is 5.97 Å². The molecule has 170 valence electrons. The van der Waals surface area contributed by atoms with E-state index in [1.165, 1.54) is 11.3 Å². The molecule has 31 heavy (non-hydrogen) atoms. The van der Waals surface area contributed by atoms with Gasteiger partial charge < -0.3 is 29.4 Å². The second kappa shape index (κ2) is 9.60. The Labute approximate surface area is 183 Å². The van der Waals surface area contributed by atoms with Crippen molar-refractivity contribution in [2.24, 2.45) is 11.8 Å². The number of methoxy groups -OCH3 is 2. The number of quaternary nitrogens is 1. The summed E-state index contributed by atoms with van der Waals surface area (Å²) in [6, 6.07) is 3.26. The van der Waals surface area contributed by atoms with E-state index in [4.69, 9.17) is 14.2 Å². The highest BCUT2D eigenvalue weighted by molar-refractivity contribution is 6.12. The summed E-state index contributed by atoms with van der Waals surface area (Å²) < 4.78 is 16.0. The van der Waals surface area contributed by atoms with E-state index in [0.717, 1.165) is 13.1 Å². The molecule has 1 aromatic heterocycles. The van der Waals surface area contributed by atoms with Crippen LogP contribution in [0.3, 0.4) is 0 Å². The molecule has 0 bridgehead atoms. The van der Waals surface area contributed by atoms with Crippen molar-refractivity contribution in [3.8, 4) is 11.5 Å². The number of piperidine rings is 1. The minimum Gasteiger partial charge on any atom is -0.493 e. The lowest BCUT2D eigenvalue weighted by Gasteiger charge is -2.35. The number of carbonyl (C=O) groups excluding carboxylic acids is 2. The second-order valence-electron chi connectivity index (χ2n) is 8.57. The first-order valence-electron chi connectivity index (χ1n) is 10.9. The van der Waals surface area contributed by atoms with Crippen LogP contribution in [0.2, 0.25) is 0 Å². The van der Waals surface area contributed by atoms with Crippen molar-refractivity contribution in [2.45, 2.75) is 40.2 Å². The average Bonchev–Trinajstić information content (AvgIpc) is 3.08. The highest BCUT2D eigenvalue weighted by Gasteiger charge is 2.33. The van der Waals surface area contributed by atoms with Crippen LogP contribution in [0, 0.1) is 11.8 Å². The van der Waals surface area contributed by atoms with Gasteiger partial charge in [-0.15, -0.1) is 0 Å². The van der Waals surface area contributed by atoms with Crippen LogP contribution in [0.25, 0.3) is 10.9 Å². The largest absolute Gasteiger partial charge is 0.493 e. The van der Waals surface area contributed by atoms with E-state index in [1.807, 2.05) is 6.92 Å². The Morgan fingerprint density at radius 2 is 1.77 bits per heavy atom. The van der Waals surface area contributed by atoms with Gasteiger partial charge in [0.15, 0.2) is 17.5 Å². The predicted octanol–water partition coefficient (Wildman–Crippen LogP) is 2.25. The van der Waals surface area contributed by atoms with Crippen LogP contribution in [0.1, 0.15) is 44.6 Å². The zero-order chi connectivity index (χ0) is 22.7. The zero-order valence-corrected chi connectivity index (χ0v) is 19.3. The Balaban J connectivity index is 1.97. The third-order valence-electron chi connectivity index (χ3n) is 6.06. The maximum absolute atomic E-state index is 13.2. The van der Waals surface area contributed by atoms with Crippen molar-refractivity contribution < 1.29 is 28.7 Å². The van der Waals surface area contributed by atoms with Crippen molar-refractivity contribution in [1.29, 1.82) is 0 Å². The lowest BCUT2D eigenvalue weighted by molar-refractivity contribution is -0.925. The normalized spacial score (nSPS) is 22.1. The lowest BCUT2D eigenvalue weighted by Crippen LogP contribution is -3.18. The fraction of sp³-hybridized carbons (Fsp3) is 0.565. The topological polar surface area (TPSA) is 94.1 Å². The van der Waals surface area contributed by atoms with Crippen molar-refractivity contribution in [3.05, 3.63) is 17.8 Å². The number of carbonyl (C=O) groups is 2. The monoisotopic (exact) mass is 432 g/mol. The van der Waals surface area contributed by atoms with E-state index in [9.17, 15) is 9.59 Å². The first-order valence-corrected chi connectivity index (χ1v) is 10.9. The number of H-pyrrole nitrogens is 1. The van der Waals surface area contributed by atoms with Gasteiger partial charge in [0.25, 0.3) is 5.91 Å². The van der Waals surface area contributed by atoms with Crippen LogP contribution in [-0.4, -0.2) is 56.8 Å². The maximum atomic E-state index is 13.2. The number of benzene rings is 1. The minimum absolute atomic E-state index is 0.127. The number of nitrogens with one attached hydrogen (secondary N) is 3. The predicted molar refractivity (Wildman–Crippen MR) is 119 cm³/mol. The van der Waals surface area contributed by atoms with Gasteiger partial charge >= 0.3 is 5.97 Å². The smallest absolute Gasteiger partial charge is 0.356 e. The molecule has 1 aliphatic heterocycles. The van der Waals surface area contributed by atoms with Crippen LogP contribution in [0.5, 0.6) is 11.5 Å². The highest BCUT2D eigenvalue weighted by Crippen LogP contribution is 2.37. The molecule has 2 aromatic rings. The highest BCUT2D eigenvalue weighted by atomic mass is 16.5. The molecule has 3 rings (SSSR count). The molecule has 2 heterocycles. The van der Waals surface area contributed by atoms with Gasteiger partial charge in [0.05, 0.1) is 45.1 Å². The molecule has 1 amide bonds. The Morgan fingerprint density at radius 3 is 2.35 bits per heavy atom. The SMILES string of the molecule is CCOC(=O)c1[nH]c2cc(OC)c(OC)cc2c1NC(=O)[C@@H](C)[NH+]1C[C@@H](C)C[C@H](C)C1. The number of anilines is 1. The van der Waals surface area contributed by atoms with E-state index in [1.54, 1.807) is 33.3 Å². The van der Waals surface area contributed by atoms with Crippen LogP contribution in [0.4, 0.5) is 5.69 Å². The summed E-state index contributed by atoms with van der Waals surface area (Å²) in [4.78, 5) is 30.2. The number of hydrogen-bond donors (Lipinski definition) is 3. The summed E-state index contributed by atoms with van der Waals surface area (Å²) in [6.07, 6.45) is 1.19. The van der Waals surface area contributed by atoms with Gasteiger partial charge in [-0.2, -0.15) is 0 Å². The number of rotatable bonds is 7. The quantitative estimate of drug-likeness (QED) is 0.584. The van der Waals surface area contributed by atoms with Crippen molar-refractivity contribution in [1.82, 2.24) is 4.98 Å². The van der Waals surface area contributed by atoms with Crippen LogP contribution in [0.15, 0.2) is 12.1 Å². The van der Waals surface area contributed by atoms with Gasteiger partial charge in [-0.3, -0.25) is 4.79 Å². The number of fused-ring (bicyclic) bond motifs is 1. The van der Waals surface area contributed by atoms with Gasteiger partial charge in [0.2, 0.25) is 0 Å². The minimum atomic E-state index is -0.521. The summed E-state index contributed by atoms with van der Waals surface area (Å²) in [6.45, 7) is 10.3. The number of likely N-dealkylation sites (tertiary alicyclic amines) is 1. The van der Waals surface area contributed by atoms with Crippen molar-refractivity contribution >= 4 is 28.5 Å². The fourth-order valence-corrected chi connectivity index (χ4v) is 4.61. The number of aromatic amines is 1. The summed E-state index contributed by atoms with van der Waals surface area (Å²) in [5.41, 5.74) is 1.27. The molecule has 1 fully saturated rings. The molecule has 0 radical (unpaired) electrons. The van der Waals surface area contributed by atoms with Gasteiger partial charge in [0.1, 0.15) is 5.69 Å². The Bertz CT molecular complexity index is 944. The first-order chi connectivity index (χ1) is 14.8.